The minimum Gasteiger partial charge on any atom is -0.398 e. The number of aromatic nitrogens is 1. The number of nitrogens with zero attached hydrogens (tertiary/aromatic N) is 1. The summed E-state index contributed by atoms with van der Waals surface area (Å²) in [5.41, 5.74) is 9.58. The number of pyridine rings is 1. The van der Waals surface area contributed by atoms with Gasteiger partial charge in [0.05, 0.1) is 16.9 Å². The highest BCUT2D eigenvalue weighted by Crippen LogP contribution is 2.37. The third-order valence-electron chi connectivity index (χ3n) is 3.53. The number of thiophene rings is 1. The van der Waals surface area contributed by atoms with E-state index in [1.165, 1.54) is 4.88 Å². The Labute approximate surface area is 104 Å². The number of rotatable bonds is 0. The summed E-state index contributed by atoms with van der Waals surface area (Å²) in [6.45, 7) is 4.12. The summed E-state index contributed by atoms with van der Waals surface area (Å²) >= 11 is 1.66. The van der Waals surface area contributed by atoms with Gasteiger partial charge in [0.25, 0.3) is 0 Å². The van der Waals surface area contributed by atoms with Crippen molar-refractivity contribution in [3.05, 3.63) is 21.7 Å². The van der Waals surface area contributed by atoms with E-state index in [1.807, 2.05) is 6.92 Å². The third-order valence-corrected chi connectivity index (χ3v) is 4.63. The minimum absolute atomic E-state index is 0.154. The van der Waals surface area contributed by atoms with Crippen LogP contribution in [0.5, 0.6) is 0 Å². The Morgan fingerprint density at radius 3 is 2.82 bits per heavy atom. The van der Waals surface area contributed by atoms with Crippen LogP contribution in [0, 0.1) is 13.8 Å². The monoisotopic (exact) mass is 246 g/mol. The summed E-state index contributed by atoms with van der Waals surface area (Å²) in [5, 5.41) is 0.988. The zero-order valence-corrected chi connectivity index (χ0v) is 10.8. The van der Waals surface area contributed by atoms with Crippen molar-refractivity contribution in [2.45, 2.75) is 33.1 Å². The van der Waals surface area contributed by atoms with Crippen molar-refractivity contribution in [3.8, 4) is 0 Å². The van der Waals surface area contributed by atoms with E-state index < -0.39 is 0 Å². The van der Waals surface area contributed by atoms with Gasteiger partial charge in [-0.1, -0.05) is 0 Å². The number of Topliss-reactive ketones (excluding diaryl/α,β-unsaturated/α-hetero) is 1. The Kier molecular flexibility index (Phi) is 2.23. The molecule has 3 nitrogen and oxygen atoms in total. The lowest BCUT2D eigenvalue weighted by atomic mass is 9.92. The molecule has 0 atom stereocenters. The molecular weight excluding hydrogens is 232 g/mol. The third kappa shape index (κ3) is 1.40. The molecule has 4 heteroatoms. The molecule has 0 saturated heterocycles. The Morgan fingerprint density at radius 2 is 2.06 bits per heavy atom. The highest BCUT2D eigenvalue weighted by atomic mass is 32.1. The maximum Gasteiger partial charge on any atom is 0.166 e. The van der Waals surface area contributed by atoms with Gasteiger partial charge in [-0.25, -0.2) is 4.98 Å². The second-order valence-corrected chi connectivity index (χ2v) is 5.79. The van der Waals surface area contributed by atoms with Gasteiger partial charge in [-0.3, -0.25) is 4.79 Å². The number of fused-ring (bicyclic) bond motifs is 2. The van der Waals surface area contributed by atoms with Crippen LogP contribution in [0.4, 0.5) is 5.69 Å². The lowest BCUT2D eigenvalue weighted by molar-refractivity contribution is 0.0973. The predicted octanol–water partition coefficient (Wildman–Crippen LogP) is 3.01. The molecule has 2 heterocycles. The SMILES string of the molecule is Cc1sc2nc3c(c(N)c2c1C)C(=O)CCC3. The average Bonchev–Trinajstić information content (AvgIpc) is 2.55. The second kappa shape index (κ2) is 3.53. The molecule has 1 aliphatic carbocycles. The number of hydrogen-bond acceptors (Lipinski definition) is 4. The number of nitrogens with two attached hydrogens (primary N) is 1. The van der Waals surface area contributed by atoms with Crippen molar-refractivity contribution >= 4 is 33.0 Å². The van der Waals surface area contributed by atoms with Gasteiger partial charge >= 0.3 is 0 Å². The average molecular weight is 246 g/mol. The summed E-state index contributed by atoms with van der Waals surface area (Å²) in [6.07, 6.45) is 2.37. The van der Waals surface area contributed by atoms with Crippen molar-refractivity contribution in [2.75, 3.05) is 5.73 Å². The normalized spacial score (nSPS) is 15.3. The van der Waals surface area contributed by atoms with Crippen LogP contribution in [-0.4, -0.2) is 10.8 Å². The quantitative estimate of drug-likeness (QED) is 0.777. The Morgan fingerprint density at radius 1 is 1.29 bits per heavy atom. The molecule has 0 fully saturated rings. The Balaban J connectivity index is 2.44. The van der Waals surface area contributed by atoms with Crippen LogP contribution >= 0.6 is 11.3 Å². The van der Waals surface area contributed by atoms with Gasteiger partial charge in [0, 0.05) is 16.7 Å². The number of aryl methyl sites for hydroxylation is 3. The molecule has 88 valence electrons. The van der Waals surface area contributed by atoms with E-state index in [4.69, 9.17) is 5.73 Å². The molecule has 0 saturated carbocycles. The fourth-order valence-electron chi connectivity index (χ4n) is 2.50. The first-order valence-electron chi connectivity index (χ1n) is 5.81. The lowest BCUT2D eigenvalue weighted by Crippen LogP contribution is -2.15. The maximum atomic E-state index is 12.0. The molecule has 0 bridgehead atoms. The topological polar surface area (TPSA) is 56.0 Å². The van der Waals surface area contributed by atoms with Crippen LogP contribution in [0.25, 0.3) is 10.2 Å². The van der Waals surface area contributed by atoms with Gasteiger partial charge in [-0.05, 0) is 32.3 Å². The molecule has 2 aromatic rings. The second-order valence-electron chi connectivity index (χ2n) is 4.59. The summed E-state index contributed by atoms with van der Waals surface area (Å²) in [6, 6.07) is 0. The van der Waals surface area contributed by atoms with Gasteiger partial charge in [0.1, 0.15) is 4.83 Å². The number of carbonyl (C=O) groups is 1. The highest BCUT2D eigenvalue weighted by molar-refractivity contribution is 7.18. The number of hydrogen-bond donors (Lipinski definition) is 1. The molecule has 0 spiro atoms. The van der Waals surface area contributed by atoms with E-state index in [0.29, 0.717) is 17.7 Å². The fraction of sp³-hybridized carbons (Fsp3) is 0.385. The predicted molar refractivity (Wildman–Crippen MR) is 70.8 cm³/mol. The van der Waals surface area contributed by atoms with Gasteiger partial charge < -0.3 is 5.73 Å². The lowest BCUT2D eigenvalue weighted by Gasteiger charge is -2.16. The van der Waals surface area contributed by atoms with Crippen molar-refractivity contribution in [2.24, 2.45) is 0 Å². The molecule has 2 N–H and O–H groups in total. The zero-order valence-electron chi connectivity index (χ0n) is 9.96. The van der Waals surface area contributed by atoms with Gasteiger partial charge in [-0.2, -0.15) is 0 Å². The molecule has 0 aliphatic heterocycles. The van der Waals surface area contributed by atoms with Gasteiger partial charge in [0.2, 0.25) is 0 Å². The van der Waals surface area contributed by atoms with Crippen molar-refractivity contribution in [3.63, 3.8) is 0 Å². The summed E-state index contributed by atoms with van der Waals surface area (Å²) < 4.78 is 0. The van der Waals surface area contributed by atoms with E-state index in [1.54, 1.807) is 11.3 Å². The molecule has 0 amide bonds. The molecule has 3 rings (SSSR count). The van der Waals surface area contributed by atoms with Crippen LogP contribution in [0.3, 0.4) is 0 Å². The van der Waals surface area contributed by atoms with Crippen molar-refractivity contribution in [1.29, 1.82) is 0 Å². The number of carbonyl (C=O) groups excluding carboxylic acids is 1. The molecule has 1 aliphatic rings. The zero-order chi connectivity index (χ0) is 12.2. The summed E-state index contributed by atoms with van der Waals surface area (Å²) in [5.74, 6) is 0.154. The minimum atomic E-state index is 0.154. The van der Waals surface area contributed by atoms with Crippen LogP contribution in [0.1, 0.15) is 39.3 Å². The van der Waals surface area contributed by atoms with Crippen molar-refractivity contribution in [1.82, 2.24) is 4.98 Å². The smallest absolute Gasteiger partial charge is 0.166 e. The molecule has 0 radical (unpaired) electrons. The molecule has 17 heavy (non-hydrogen) atoms. The largest absolute Gasteiger partial charge is 0.398 e. The highest BCUT2D eigenvalue weighted by Gasteiger charge is 2.24. The molecule has 0 unspecified atom stereocenters. The Hall–Kier alpha value is -1.42. The van der Waals surface area contributed by atoms with E-state index in [2.05, 4.69) is 11.9 Å². The molecule has 2 aromatic heterocycles. The van der Waals surface area contributed by atoms with Crippen molar-refractivity contribution < 1.29 is 4.79 Å². The summed E-state index contributed by atoms with van der Waals surface area (Å²) in [4.78, 5) is 18.8. The van der Waals surface area contributed by atoms with E-state index in [0.717, 1.165) is 34.3 Å². The van der Waals surface area contributed by atoms with E-state index >= 15 is 0 Å². The van der Waals surface area contributed by atoms with Gasteiger partial charge in [-0.15, -0.1) is 11.3 Å². The van der Waals surface area contributed by atoms with Crippen LogP contribution < -0.4 is 5.73 Å². The first-order valence-corrected chi connectivity index (χ1v) is 6.62. The fourth-order valence-corrected chi connectivity index (χ4v) is 3.56. The van der Waals surface area contributed by atoms with Crippen LogP contribution in [-0.2, 0) is 6.42 Å². The molecule has 0 aromatic carbocycles. The number of ketones is 1. The summed E-state index contributed by atoms with van der Waals surface area (Å²) in [7, 11) is 0. The first-order chi connectivity index (χ1) is 8.09. The molecular formula is C13H14N2OS. The van der Waals surface area contributed by atoms with Gasteiger partial charge in [0.15, 0.2) is 5.78 Å². The van der Waals surface area contributed by atoms with Crippen LogP contribution in [0.15, 0.2) is 0 Å². The van der Waals surface area contributed by atoms with E-state index in [9.17, 15) is 4.79 Å². The standard InChI is InChI=1S/C13H14N2OS/c1-6-7(2)17-13-10(6)12(14)11-8(15-13)4-3-5-9(11)16/h3-5H2,1-2H3,(H2,14,15). The van der Waals surface area contributed by atoms with Crippen LogP contribution in [0.2, 0.25) is 0 Å². The number of anilines is 1. The number of nitrogen functional groups attached to an aromatic ring is 1. The van der Waals surface area contributed by atoms with E-state index in [-0.39, 0.29) is 5.78 Å². The first kappa shape index (κ1) is 10.7. The Bertz CT molecular complexity index is 643. The maximum absolute atomic E-state index is 12.0.